The highest BCUT2D eigenvalue weighted by Crippen LogP contribution is 2.08. The van der Waals surface area contributed by atoms with Gasteiger partial charge in [-0.2, -0.15) is 0 Å². The molecule has 1 atom stereocenters. The first-order chi connectivity index (χ1) is 6.24. The number of carbonyl (C=O) groups is 1. The van der Waals surface area contributed by atoms with Crippen molar-refractivity contribution in [3.63, 3.8) is 0 Å². The van der Waals surface area contributed by atoms with Crippen molar-refractivity contribution in [2.75, 3.05) is 13.1 Å². The quantitative estimate of drug-likeness (QED) is 0.604. The van der Waals surface area contributed by atoms with E-state index in [1.54, 1.807) is 0 Å². The third kappa shape index (κ3) is 2.98. The number of hydrogen-bond acceptors (Lipinski definition) is 1. The highest BCUT2D eigenvalue weighted by Gasteiger charge is 2.16. The minimum Gasteiger partial charge on any atom is -0.325 e. The summed E-state index contributed by atoms with van der Waals surface area (Å²) in [4.78, 5) is 13.3. The van der Waals surface area contributed by atoms with Gasteiger partial charge in [-0.15, -0.1) is 6.42 Å². The maximum Gasteiger partial charge on any atom is 0.318 e. The van der Waals surface area contributed by atoms with Gasteiger partial charge < -0.3 is 10.2 Å². The van der Waals surface area contributed by atoms with Crippen molar-refractivity contribution < 1.29 is 4.79 Å². The Hall–Kier alpha value is -1.17. The van der Waals surface area contributed by atoms with Crippen LogP contribution in [0.5, 0.6) is 0 Å². The van der Waals surface area contributed by atoms with Crippen LogP contribution in [-0.2, 0) is 0 Å². The third-order valence-electron chi connectivity index (χ3n) is 2.23. The first kappa shape index (κ1) is 9.91. The Balaban J connectivity index is 2.34. The second-order valence-corrected chi connectivity index (χ2v) is 3.39. The van der Waals surface area contributed by atoms with Crippen molar-refractivity contribution in [2.45, 2.75) is 32.2 Å². The molecule has 0 saturated carbocycles. The number of piperidine rings is 1. The fourth-order valence-electron chi connectivity index (χ4n) is 1.42. The molecular weight excluding hydrogens is 164 g/mol. The number of amides is 2. The first-order valence-electron chi connectivity index (χ1n) is 4.75. The summed E-state index contributed by atoms with van der Waals surface area (Å²) in [6, 6.07) is -0.195. The van der Waals surface area contributed by atoms with Gasteiger partial charge in [0.25, 0.3) is 0 Å². The monoisotopic (exact) mass is 180 g/mol. The van der Waals surface area contributed by atoms with Crippen molar-refractivity contribution in [2.24, 2.45) is 0 Å². The van der Waals surface area contributed by atoms with E-state index < -0.39 is 0 Å². The molecule has 1 aliphatic heterocycles. The topological polar surface area (TPSA) is 32.3 Å². The zero-order valence-electron chi connectivity index (χ0n) is 8.05. The van der Waals surface area contributed by atoms with Crippen LogP contribution in [-0.4, -0.2) is 30.1 Å². The molecule has 1 heterocycles. The summed E-state index contributed by atoms with van der Waals surface area (Å²) < 4.78 is 0. The van der Waals surface area contributed by atoms with Crippen molar-refractivity contribution >= 4 is 6.03 Å². The van der Waals surface area contributed by atoms with Gasteiger partial charge in [0.15, 0.2) is 0 Å². The lowest BCUT2D eigenvalue weighted by Gasteiger charge is -2.27. The van der Waals surface area contributed by atoms with E-state index in [-0.39, 0.29) is 12.1 Å². The molecule has 0 aliphatic carbocycles. The maximum absolute atomic E-state index is 11.5. The van der Waals surface area contributed by atoms with Crippen LogP contribution >= 0.6 is 0 Å². The Morgan fingerprint density at radius 1 is 1.46 bits per heavy atom. The van der Waals surface area contributed by atoms with E-state index in [0.717, 1.165) is 25.9 Å². The number of urea groups is 1. The molecule has 0 aromatic heterocycles. The smallest absolute Gasteiger partial charge is 0.318 e. The van der Waals surface area contributed by atoms with Crippen LogP contribution in [0, 0.1) is 12.3 Å². The van der Waals surface area contributed by atoms with Crippen molar-refractivity contribution in [1.82, 2.24) is 10.2 Å². The Labute approximate surface area is 79.5 Å². The van der Waals surface area contributed by atoms with Crippen molar-refractivity contribution in [3.8, 4) is 12.3 Å². The largest absolute Gasteiger partial charge is 0.325 e. The van der Waals surface area contributed by atoms with Crippen LogP contribution in [0.15, 0.2) is 0 Å². The molecule has 1 fully saturated rings. The van der Waals surface area contributed by atoms with Gasteiger partial charge in [0.1, 0.15) is 0 Å². The average molecular weight is 180 g/mol. The van der Waals surface area contributed by atoms with Gasteiger partial charge in [0, 0.05) is 13.1 Å². The number of rotatable bonds is 1. The third-order valence-corrected chi connectivity index (χ3v) is 2.23. The lowest BCUT2D eigenvalue weighted by atomic mass is 10.1. The van der Waals surface area contributed by atoms with Gasteiger partial charge in [0.2, 0.25) is 0 Å². The summed E-state index contributed by atoms with van der Waals surface area (Å²) >= 11 is 0. The van der Waals surface area contributed by atoms with Crippen LogP contribution in [0.4, 0.5) is 4.79 Å². The first-order valence-corrected chi connectivity index (χ1v) is 4.75. The zero-order valence-corrected chi connectivity index (χ0v) is 8.05. The van der Waals surface area contributed by atoms with Crippen LogP contribution < -0.4 is 5.32 Å². The van der Waals surface area contributed by atoms with Gasteiger partial charge in [-0.05, 0) is 26.2 Å². The number of nitrogens with zero attached hydrogens (tertiary/aromatic N) is 1. The molecule has 1 unspecified atom stereocenters. The highest BCUT2D eigenvalue weighted by molar-refractivity contribution is 5.74. The fraction of sp³-hybridized carbons (Fsp3) is 0.700. The van der Waals surface area contributed by atoms with Crippen LogP contribution in [0.25, 0.3) is 0 Å². The number of likely N-dealkylation sites (tertiary alicyclic amines) is 1. The lowest BCUT2D eigenvalue weighted by molar-refractivity contribution is 0.185. The standard InChI is InChI=1S/C10H16N2O/c1-3-9(2)11-10(13)12-7-5-4-6-8-12/h1,9H,4-8H2,2H3,(H,11,13). The fourth-order valence-corrected chi connectivity index (χ4v) is 1.42. The highest BCUT2D eigenvalue weighted by atomic mass is 16.2. The van der Waals surface area contributed by atoms with Gasteiger partial charge in [-0.25, -0.2) is 4.79 Å². The van der Waals surface area contributed by atoms with Gasteiger partial charge in [-0.1, -0.05) is 5.92 Å². The molecule has 0 aromatic carbocycles. The number of nitrogens with one attached hydrogen (secondary N) is 1. The summed E-state index contributed by atoms with van der Waals surface area (Å²) in [5.41, 5.74) is 0. The Morgan fingerprint density at radius 3 is 2.62 bits per heavy atom. The van der Waals surface area contributed by atoms with E-state index in [4.69, 9.17) is 6.42 Å². The van der Waals surface area contributed by atoms with E-state index in [1.165, 1.54) is 6.42 Å². The molecule has 13 heavy (non-hydrogen) atoms. The summed E-state index contributed by atoms with van der Waals surface area (Å²) in [6.07, 6.45) is 8.62. The van der Waals surface area contributed by atoms with E-state index in [1.807, 2.05) is 11.8 Å². The second-order valence-electron chi connectivity index (χ2n) is 3.39. The van der Waals surface area contributed by atoms with Gasteiger partial charge in [-0.3, -0.25) is 0 Å². The summed E-state index contributed by atoms with van der Waals surface area (Å²) in [5, 5.41) is 2.75. The Bertz CT molecular complexity index is 213. The van der Waals surface area contributed by atoms with Crippen molar-refractivity contribution in [3.05, 3.63) is 0 Å². The molecule has 72 valence electrons. The molecule has 1 N–H and O–H groups in total. The van der Waals surface area contributed by atoms with E-state index in [9.17, 15) is 4.79 Å². The predicted molar refractivity (Wildman–Crippen MR) is 52.3 cm³/mol. The molecule has 1 aliphatic rings. The van der Waals surface area contributed by atoms with Crippen LogP contribution in [0.1, 0.15) is 26.2 Å². The molecule has 0 bridgehead atoms. The molecule has 0 spiro atoms. The molecule has 2 amide bonds. The van der Waals surface area contributed by atoms with Gasteiger partial charge in [0.05, 0.1) is 6.04 Å². The molecule has 1 rings (SSSR count). The minimum atomic E-state index is -0.172. The SMILES string of the molecule is C#CC(C)NC(=O)N1CCCCC1. The van der Waals surface area contributed by atoms with E-state index in [0.29, 0.717) is 0 Å². The predicted octanol–water partition coefficient (Wildman–Crippen LogP) is 1.20. The van der Waals surface area contributed by atoms with Crippen molar-refractivity contribution in [1.29, 1.82) is 0 Å². The summed E-state index contributed by atoms with van der Waals surface area (Å²) in [5.74, 6) is 2.48. The Kier molecular flexibility index (Phi) is 3.63. The zero-order chi connectivity index (χ0) is 9.68. The molecule has 1 saturated heterocycles. The minimum absolute atomic E-state index is 0.0230. The molecule has 0 aromatic rings. The van der Waals surface area contributed by atoms with E-state index in [2.05, 4.69) is 11.2 Å². The molecular formula is C10H16N2O. The number of hydrogen-bond donors (Lipinski definition) is 1. The summed E-state index contributed by atoms with van der Waals surface area (Å²) in [6.45, 7) is 3.54. The van der Waals surface area contributed by atoms with Crippen LogP contribution in [0.2, 0.25) is 0 Å². The molecule has 0 radical (unpaired) electrons. The lowest BCUT2D eigenvalue weighted by Crippen LogP contribution is -2.45. The maximum atomic E-state index is 11.5. The van der Waals surface area contributed by atoms with Crippen LogP contribution in [0.3, 0.4) is 0 Å². The average Bonchev–Trinajstić information content (AvgIpc) is 2.19. The number of carbonyl (C=O) groups excluding carboxylic acids is 1. The second kappa shape index (κ2) is 4.76. The van der Waals surface area contributed by atoms with Gasteiger partial charge >= 0.3 is 6.03 Å². The molecule has 3 nitrogen and oxygen atoms in total. The molecule has 3 heteroatoms. The summed E-state index contributed by atoms with van der Waals surface area (Å²) in [7, 11) is 0. The van der Waals surface area contributed by atoms with E-state index >= 15 is 0 Å². The number of terminal acetylenes is 1. The Morgan fingerprint density at radius 2 is 2.08 bits per heavy atom. The normalized spacial score (nSPS) is 18.9.